The van der Waals surface area contributed by atoms with Gasteiger partial charge in [0.15, 0.2) is 0 Å². The third-order valence-electron chi connectivity index (χ3n) is 4.18. The molecular weight excluding hydrogens is 394 g/mol. The molecule has 0 unspecified atom stereocenters. The number of non-ortho nitro benzene ring substituents is 1. The van der Waals surface area contributed by atoms with E-state index in [1.54, 1.807) is 36.4 Å². The number of hydrogen-bond donors (Lipinski definition) is 2. The van der Waals surface area contributed by atoms with E-state index in [0.717, 1.165) is 11.6 Å². The van der Waals surface area contributed by atoms with Crippen LogP contribution in [-0.4, -0.2) is 16.7 Å². The van der Waals surface area contributed by atoms with Crippen LogP contribution in [0.2, 0.25) is 5.02 Å². The summed E-state index contributed by atoms with van der Waals surface area (Å²) in [6.45, 7) is 1.85. The summed E-state index contributed by atoms with van der Waals surface area (Å²) in [6, 6.07) is 17.5. The molecule has 3 rings (SSSR count). The number of carbonyl (C=O) groups excluding carboxylic acids is 2. The van der Waals surface area contributed by atoms with Gasteiger partial charge in [-0.05, 0) is 42.8 Å². The minimum atomic E-state index is -0.589. The number of nitro groups is 1. The van der Waals surface area contributed by atoms with Gasteiger partial charge < -0.3 is 10.6 Å². The number of amides is 2. The molecule has 29 heavy (non-hydrogen) atoms. The Bertz CT molecular complexity index is 1110. The van der Waals surface area contributed by atoms with Gasteiger partial charge in [-0.3, -0.25) is 19.7 Å². The van der Waals surface area contributed by atoms with Crippen molar-refractivity contribution in [3.63, 3.8) is 0 Å². The van der Waals surface area contributed by atoms with Crippen LogP contribution in [0, 0.1) is 17.0 Å². The molecule has 2 amide bonds. The van der Waals surface area contributed by atoms with E-state index in [4.69, 9.17) is 11.6 Å². The fourth-order valence-electron chi connectivity index (χ4n) is 2.70. The average molecular weight is 410 g/mol. The smallest absolute Gasteiger partial charge is 0.270 e. The number of nitrogens with zero attached hydrogens (tertiary/aromatic N) is 1. The summed E-state index contributed by atoms with van der Waals surface area (Å²) in [6.07, 6.45) is 0. The summed E-state index contributed by atoms with van der Waals surface area (Å²) in [5.41, 5.74) is 2.25. The van der Waals surface area contributed by atoms with Gasteiger partial charge >= 0.3 is 0 Å². The lowest BCUT2D eigenvalue weighted by molar-refractivity contribution is -0.384. The van der Waals surface area contributed by atoms with Crippen LogP contribution in [0.5, 0.6) is 0 Å². The van der Waals surface area contributed by atoms with Crippen molar-refractivity contribution >= 4 is 40.5 Å². The van der Waals surface area contributed by atoms with Crippen LogP contribution in [0.25, 0.3) is 0 Å². The van der Waals surface area contributed by atoms with Crippen LogP contribution in [0.15, 0.2) is 66.7 Å². The van der Waals surface area contributed by atoms with E-state index in [-0.39, 0.29) is 22.2 Å². The van der Waals surface area contributed by atoms with E-state index < -0.39 is 10.8 Å². The zero-order valence-corrected chi connectivity index (χ0v) is 16.1. The van der Waals surface area contributed by atoms with Crippen molar-refractivity contribution in [1.29, 1.82) is 0 Å². The Morgan fingerprint density at radius 3 is 2.07 bits per heavy atom. The van der Waals surface area contributed by atoms with Crippen molar-refractivity contribution in [2.24, 2.45) is 0 Å². The fraction of sp³-hybridized carbons (Fsp3) is 0.0476. The molecule has 0 aromatic heterocycles. The zero-order chi connectivity index (χ0) is 21.0. The molecule has 0 spiro atoms. The van der Waals surface area contributed by atoms with Gasteiger partial charge in [-0.25, -0.2) is 0 Å². The van der Waals surface area contributed by atoms with Crippen LogP contribution in [-0.2, 0) is 0 Å². The summed E-state index contributed by atoms with van der Waals surface area (Å²) in [5.74, 6) is -0.780. The maximum absolute atomic E-state index is 12.5. The van der Waals surface area contributed by atoms with Crippen molar-refractivity contribution in [2.75, 3.05) is 10.6 Å². The quantitative estimate of drug-likeness (QED) is 0.454. The highest BCUT2D eigenvalue weighted by Crippen LogP contribution is 2.24. The summed E-state index contributed by atoms with van der Waals surface area (Å²) < 4.78 is 0. The van der Waals surface area contributed by atoms with Crippen molar-refractivity contribution in [2.45, 2.75) is 6.92 Å². The highest BCUT2D eigenvalue weighted by atomic mass is 35.5. The number of benzene rings is 3. The van der Waals surface area contributed by atoms with E-state index in [1.807, 2.05) is 19.1 Å². The molecule has 8 heteroatoms. The Morgan fingerprint density at radius 2 is 1.48 bits per heavy atom. The van der Waals surface area contributed by atoms with Gasteiger partial charge in [0.05, 0.1) is 15.5 Å². The lowest BCUT2D eigenvalue weighted by Crippen LogP contribution is -2.15. The second-order valence-electron chi connectivity index (χ2n) is 6.23. The number of hydrogen-bond acceptors (Lipinski definition) is 4. The number of nitrogens with one attached hydrogen (secondary N) is 2. The third kappa shape index (κ3) is 4.77. The molecular formula is C21H16ClN3O4. The van der Waals surface area contributed by atoms with Gasteiger partial charge in [0.1, 0.15) is 0 Å². The summed E-state index contributed by atoms with van der Waals surface area (Å²) in [4.78, 5) is 35.1. The number of aryl methyl sites for hydroxylation is 1. The summed E-state index contributed by atoms with van der Waals surface area (Å²) in [5, 5.41) is 16.2. The first-order valence-corrected chi connectivity index (χ1v) is 8.95. The Kier molecular flexibility index (Phi) is 5.90. The minimum Gasteiger partial charge on any atom is -0.322 e. The molecule has 2 N–H and O–H groups in total. The molecule has 0 aliphatic heterocycles. The first-order valence-electron chi connectivity index (χ1n) is 8.57. The topological polar surface area (TPSA) is 101 Å². The molecule has 0 heterocycles. The Balaban J connectivity index is 1.74. The maximum atomic E-state index is 12.5. The van der Waals surface area contributed by atoms with Crippen molar-refractivity contribution < 1.29 is 14.5 Å². The van der Waals surface area contributed by atoms with Crippen LogP contribution >= 0.6 is 11.6 Å². The highest BCUT2D eigenvalue weighted by Gasteiger charge is 2.15. The minimum absolute atomic E-state index is 0.0271. The van der Waals surface area contributed by atoms with Gasteiger partial charge in [0.2, 0.25) is 0 Å². The molecule has 146 valence electrons. The summed E-state index contributed by atoms with van der Waals surface area (Å²) >= 11 is 6.00. The molecule has 0 aliphatic rings. The van der Waals surface area contributed by atoms with Crippen molar-refractivity contribution in [1.82, 2.24) is 0 Å². The second-order valence-corrected chi connectivity index (χ2v) is 6.63. The van der Waals surface area contributed by atoms with Crippen LogP contribution in [0.4, 0.5) is 17.1 Å². The van der Waals surface area contributed by atoms with Gasteiger partial charge in [0, 0.05) is 29.1 Å². The highest BCUT2D eigenvalue weighted by molar-refractivity contribution is 6.34. The molecule has 0 radical (unpaired) electrons. The van der Waals surface area contributed by atoms with E-state index in [0.29, 0.717) is 16.9 Å². The molecule has 0 saturated heterocycles. The largest absolute Gasteiger partial charge is 0.322 e. The number of rotatable bonds is 5. The first kappa shape index (κ1) is 20.0. The predicted molar refractivity (Wildman–Crippen MR) is 112 cm³/mol. The Hall–Kier alpha value is -3.71. The molecule has 7 nitrogen and oxygen atoms in total. The van der Waals surface area contributed by atoms with Gasteiger partial charge in [0.25, 0.3) is 17.5 Å². The van der Waals surface area contributed by atoms with Gasteiger partial charge in [-0.2, -0.15) is 0 Å². The SMILES string of the molecule is Cc1ccccc1C(=O)Nc1cccc(NC(=O)c2ccc([N+](=O)[O-])cc2Cl)c1. The van der Waals surface area contributed by atoms with Crippen molar-refractivity contribution in [3.8, 4) is 0 Å². The second kappa shape index (κ2) is 8.53. The molecule has 0 atom stereocenters. The predicted octanol–water partition coefficient (Wildman–Crippen LogP) is 5.06. The van der Waals surface area contributed by atoms with Crippen LogP contribution in [0.3, 0.4) is 0 Å². The molecule has 3 aromatic carbocycles. The standard InChI is InChI=1S/C21H16ClN3O4/c1-13-5-2-3-8-17(13)20(26)23-14-6-4-7-15(11-14)24-21(27)18-10-9-16(25(28)29)12-19(18)22/h2-12H,1H3,(H,23,26)(H,24,27). The fourth-order valence-corrected chi connectivity index (χ4v) is 2.96. The molecule has 0 bridgehead atoms. The van der Waals surface area contributed by atoms with Crippen molar-refractivity contribution in [3.05, 3.63) is 98.6 Å². The number of nitro benzene ring substituents is 1. The number of anilines is 2. The Morgan fingerprint density at radius 1 is 0.862 bits per heavy atom. The van der Waals surface area contributed by atoms with E-state index >= 15 is 0 Å². The maximum Gasteiger partial charge on any atom is 0.270 e. The zero-order valence-electron chi connectivity index (χ0n) is 15.3. The Labute approximate surface area is 171 Å². The molecule has 0 saturated carbocycles. The molecule has 0 aliphatic carbocycles. The number of halogens is 1. The normalized spacial score (nSPS) is 10.3. The van der Waals surface area contributed by atoms with Gasteiger partial charge in [-0.1, -0.05) is 35.9 Å². The lowest BCUT2D eigenvalue weighted by atomic mass is 10.1. The van der Waals surface area contributed by atoms with Crippen LogP contribution < -0.4 is 10.6 Å². The first-order chi connectivity index (χ1) is 13.8. The molecule has 0 fully saturated rings. The average Bonchev–Trinajstić information content (AvgIpc) is 2.68. The number of carbonyl (C=O) groups is 2. The summed E-state index contributed by atoms with van der Waals surface area (Å²) in [7, 11) is 0. The van der Waals surface area contributed by atoms with E-state index in [2.05, 4.69) is 10.6 Å². The van der Waals surface area contributed by atoms with E-state index in [1.165, 1.54) is 12.1 Å². The third-order valence-corrected chi connectivity index (χ3v) is 4.49. The van der Waals surface area contributed by atoms with E-state index in [9.17, 15) is 19.7 Å². The lowest BCUT2D eigenvalue weighted by Gasteiger charge is -2.10. The van der Waals surface area contributed by atoms with Gasteiger partial charge in [-0.15, -0.1) is 0 Å². The van der Waals surface area contributed by atoms with Crippen LogP contribution in [0.1, 0.15) is 26.3 Å². The molecule has 3 aromatic rings. The monoisotopic (exact) mass is 409 g/mol.